The summed E-state index contributed by atoms with van der Waals surface area (Å²) in [5.41, 5.74) is 7.82. The van der Waals surface area contributed by atoms with Gasteiger partial charge < -0.3 is 0 Å². The summed E-state index contributed by atoms with van der Waals surface area (Å²) in [7, 11) is 0. The maximum atomic E-state index is 4.40. The van der Waals surface area contributed by atoms with Crippen molar-refractivity contribution < 1.29 is 0 Å². The van der Waals surface area contributed by atoms with E-state index in [1.54, 1.807) is 0 Å². The quantitative estimate of drug-likeness (QED) is 0.714. The zero-order chi connectivity index (χ0) is 11.8. The largest absolute Gasteiger partial charge is 0.257 e. The van der Waals surface area contributed by atoms with Gasteiger partial charge in [0.05, 0.1) is 5.69 Å². The molecule has 0 saturated carbocycles. The van der Waals surface area contributed by atoms with Crippen LogP contribution in [0.25, 0.3) is 11.6 Å². The third kappa shape index (κ3) is 1.89. The van der Waals surface area contributed by atoms with Gasteiger partial charge in [-0.3, -0.25) is 4.98 Å². The monoisotopic (exact) mass is 221 g/mol. The SMILES string of the molecule is Cc1cc(C)cc(C2=Cc3ncccc3C2)c1. The predicted molar refractivity (Wildman–Crippen MR) is 71.7 cm³/mol. The van der Waals surface area contributed by atoms with Gasteiger partial charge >= 0.3 is 0 Å². The van der Waals surface area contributed by atoms with E-state index in [2.05, 4.69) is 49.2 Å². The van der Waals surface area contributed by atoms with Crippen LogP contribution in [0.3, 0.4) is 0 Å². The number of aryl methyl sites for hydroxylation is 2. The van der Waals surface area contributed by atoms with Crippen molar-refractivity contribution in [2.75, 3.05) is 0 Å². The molecule has 1 aliphatic rings. The van der Waals surface area contributed by atoms with Crippen LogP contribution in [0.5, 0.6) is 0 Å². The van der Waals surface area contributed by atoms with E-state index in [1.807, 2.05) is 12.3 Å². The Hall–Kier alpha value is -1.89. The summed E-state index contributed by atoms with van der Waals surface area (Å²) < 4.78 is 0. The summed E-state index contributed by atoms with van der Waals surface area (Å²) >= 11 is 0. The van der Waals surface area contributed by atoms with Crippen LogP contribution in [0.4, 0.5) is 0 Å². The molecule has 0 aliphatic heterocycles. The van der Waals surface area contributed by atoms with Crippen molar-refractivity contribution in [2.24, 2.45) is 0 Å². The minimum atomic E-state index is 1.01. The molecule has 2 aromatic rings. The number of nitrogens with zero attached hydrogens (tertiary/aromatic N) is 1. The number of pyridine rings is 1. The fourth-order valence-electron chi connectivity index (χ4n) is 2.50. The normalized spacial score (nSPS) is 13.4. The summed E-state index contributed by atoms with van der Waals surface area (Å²) in [4.78, 5) is 4.40. The molecule has 1 aromatic carbocycles. The van der Waals surface area contributed by atoms with Crippen molar-refractivity contribution in [3.63, 3.8) is 0 Å². The molecule has 1 heteroatoms. The molecule has 1 nitrogen and oxygen atoms in total. The highest BCUT2D eigenvalue weighted by atomic mass is 14.7. The molecule has 0 radical (unpaired) electrons. The van der Waals surface area contributed by atoms with Crippen LogP contribution < -0.4 is 0 Å². The third-order valence-electron chi connectivity index (χ3n) is 3.21. The first kappa shape index (κ1) is 10.3. The lowest BCUT2D eigenvalue weighted by molar-refractivity contribution is 1.21. The Morgan fingerprint density at radius 2 is 1.82 bits per heavy atom. The molecule has 0 spiro atoms. The third-order valence-corrected chi connectivity index (χ3v) is 3.21. The standard InChI is InChI=1S/C16H15N/c1-11-6-12(2)8-14(7-11)15-9-13-4-3-5-17-16(13)10-15/h3-8,10H,9H2,1-2H3. The van der Waals surface area contributed by atoms with E-state index in [9.17, 15) is 0 Å². The van der Waals surface area contributed by atoms with Gasteiger partial charge in [0.15, 0.2) is 0 Å². The average Bonchev–Trinajstić information content (AvgIpc) is 2.71. The fourth-order valence-corrected chi connectivity index (χ4v) is 2.50. The van der Waals surface area contributed by atoms with Crippen LogP contribution in [-0.2, 0) is 6.42 Å². The maximum absolute atomic E-state index is 4.40. The van der Waals surface area contributed by atoms with E-state index >= 15 is 0 Å². The van der Waals surface area contributed by atoms with Gasteiger partial charge in [-0.25, -0.2) is 0 Å². The van der Waals surface area contributed by atoms with Gasteiger partial charge in [-0.15, -0.1) is 0 Å². The zero-order valence-corrected chi connectivity index (χ0v) is 10.2. The fraction of sp³-hybridized carbons (Fsp3) is 0.188. The molecule has 0 bridgehead atoms. The van der Waals surface area contributed by atoms with Crippen LogP contribution in [0.15, 0.2) is 36.5 Å². The summed E-state index contributed by atoms with van der Waals surface area (Å²) in [5.74, 6) is 0. The van der Waals surface area contributed by atoms with Crippen molar-refractivity contribution in [3.05, 3.63) is 64.5 Å². The van der Waals surface area contributed by atoms with Gasteiger partial charge in [0.25, 0.3) is 0 Å². The number of benzene rings is 1. The maximum Gasteiger partial charge on any atom is 0.0668 e. The van der Waals surface area contributed by atoms with Crippen molar-refractivity contribution in [1.29, 1.82) is 0 Å². The Balaban J connectivity index is 2.03. The van der Waals surface area contributed by atoms with Crippen molar-refractivity contribution >= 4 is 11.6 Å². The van der Waals surface area contributed by atoms with Gasteiger partial charge in [-0.05, 0) is 42.7 Å². The second-order valence-corrected chi connectivity index (χ2v) is 4.77. The molecular weight excluding hydrogens is 206 g/mol. The molecule has 1 aliphatic carbocycles. The van der Waals surface area contributed by atoms with E-state index in [1.165, 1.54) is 27.8 Å². The van der Waals surface area contributed by atoms with Crippen LogP contribution in [0.1, 0.15) is 27.9 Å². The smallest absolute Gasteiger partial charge is 0.0668 e. The zero-order valence-electron chi connectivity index (χ0n) is 10.2. The molecule has 0 fully saturated rings. The molecule has 84 valence electrons. The van der Waals surface area contributed by atoms with Crippen molar-refractivity contribution in [1.82, 2.24) is 4.98 Å². The van der Waals surface area contributed by atoms with Gasteiger partial charge in [0, 0.05) is 12.6 Å². The molecule has 0 unspecified atom stereocenters. The Labute approximate surface area is 102 Å². The number of rotatable bonds is 1. The summed E-state index contributed by atoms with van der Waals surface area (Å²) in [6.07, 6.45) is 5.08. The number of fused-ring (bicyclic) bond motifs is 1. The van der Waals surface area contributed by atoms with E-state index < -0.39 is 0 Å². The average molecular weight is 221 g/mol. The van der Waals surface area contributed by atoms with Crippen LogP contribution >= 0.6 is 0 Å². The number of allylic oxidation sites excluding steroid dienone is 1. The van der Waals surface area contributed by atoms with Crippen molar-refractivity contribution in [2.45, 2.75) is 20.3 Å². The number of hydrogen-bond donors (Lipinski definition) is 0. The Kier molecular flexibility index (Phi) is 2.32. The highest BCUT2D eigenvalue weighted by molar-refractivity contribution is 5.87. The van der Waals surface area contributed by atoms with Gasteiger partial charge in [-0.2, -0.15) is 0 Å². The predicted octanol–water partition coefficient (Wildman–Crippen LogP) is 3.80. The van der Waals surface area contributed by atoms with E-state index in [-0.39, 0.29) is 0 Å². The van der Waals surface area contributed by atoms with Crippen LogP contribution in [0, 0.1) is 13.8 Å². The molecular formula is C16H15N. The molecule has 0 saturated heterocycles. The van der Waals surface area contributed by atoms with E-state index in [4.69, 9.17) is 0 Å². The topological polar surface area (TPSA) is 12.9 Å². The second-order valence-electron chi connectivity index (χ2n) is 4.77. The molecule has 1 aromatic heterocycles. The summed E-state index contributed by atoms with van der Waals surface area (Å²) in [6.45, 7) is 4.30. The summed E-state index contributed by atoms with van der Waals surface area (Å²) in [5, 5.41) is 0. The first-order valence-corrected chi connectivity index (χ1v) is 5.95. The molecule has 17 heavy (non-hydrogen) atoms. The molecule has 0 amide bonds. The lowest BCUT2D eigenvalue weighted by atomic mass is 9.99. The lowest BCUT2D eigenvalue weighted by Gasteiger charge is -2.05. The van der Waals surface area contributed by atoms with Crippen molar-refractivity contribution in [3.8, 4) is 0 Å². The molecule has 0 N–H and O–H groups in total. The Morgan fingerprint density at radius 1 is 1.06 bits per heavy atom. The summed E-state index contributed by atoms with van der Waals surface area (Å²) in [6, 6.07) is 10.9. The molecule has 1 heterocycles. The Morgan fingerprint density at radius 3 is 2.53 bits per heavy atom. The highest BCUT2D eigenvalue weighted by Gasteiger charge is 2.14. The number of hydrogen-bond acceptors (Lipinski definition) is 1. The first-order valence-electron chi connectivity index (χ1n) is 5.95. The first-order chi connectivity index (χ1) is 8.22. The molecule has 0 atom stereocenters. The van der Waals surface area contributed by atoms with Gasteiger partial charge in [0.2, 0.25) is 0 Å². The van der Waals surface area contributed by atoms with Crippen LogP contribution in [-0.4, -0.2) is 4.98 Å². The minimum absolute atomic E-state index is 1.01. The van der Waals surface area contributed by atoms with Crippen LogP contribution in [0.2, 0.25) is 0 Å². The molecule has 3 rings (SSSR count). The number of aromatic nitrogens is 1. The Bertz CT molecular complexity index is 588. The second kappa shape index (κ2) is 3.85. The lowest BCUT2D eigenvalue weighted by Crippen LogP contribution is -1.88. The van der Waals surface area contributed by atoms with Gasteiger partial charge in [0.1, 0.15) is 0 Å². The van der Waals surface area contributed by atoms with E-state index in [0.29, 0.717) is 0 Å². The highest BCUT2D eigenvalue weighted by Crippen LogP contribution is 2.30. The van der Waals surface area contributed by atoms with Gasteiger partial charge in [-0.1, -0.05) is 35.4 Å². The van der Waals surface area contributed by atoms with E-state index in [0.717, 1.165) is 12.1 Å². The minimum Gasteiger partial charge on any atom is -0.257 e.